The lowest BCUT2D eigenvalue weighted by molar-refractivity contribution is 0.0321. The minimum absolute atomic E-state index is 0.107. The number of nitrogens with two attached hydrogens (primary N) is 2. The van der Waals surface area contributed by atoms with E-state index in [1.807, 2.05) is 48.5 Å². The van der Waals surface area contributed by atoms with Gasteiger partial charge in [0.15, 0.2) is 21.2 Å². The summed E-state index contributed by atoms with van der Waals surface area (Å²) in [6, 6.07) is 26.3. The standard InChI is InChI=1S/C22H23FN4O3S.C15H23N4O2PS2.C8H6BrFO/c23-16-3-1-2-15(14-16)19(28)20-21(24)26-22(31-20)25-17-4-6-18(7-5-17)30-13-10-27-8-11-29-12-9-27;16-14(24-11-22)18-15(23)17-12-1-3-13(4-2-12)21-10-7-19-5-8-20-9-6-19;9-5-8(11)6-2-1-3-7(10)4-6/h1-7,14H,8-13,24H2,(H,25,26);1-4H,5-11,22H2,(H3,16,17,18,23);1-4H,5H2. The van der Waals surface area contributed by atoms with E-state index in [0.717, 1.165) is 105 Å². The van der Waals surface area contributed by atoms with Crippen molar-refractivity contribution in [2.75, 3.05) is 106 Å². The quantitative estimate of drug-likeness (QED) is 0.0187. The monoisotopic (exact) mass is 1040 g/mol. The van der Waals surface area contributed by atoms with Gasteiger partial charge in [-0.1, -0.05) is 63.3 Å². The zero-order valence-corrected chi connectivity index (χ0v) is 41.2. The Bertz CT molecular complexity index is 2340. The molecule has 2 fully saturated rings. The lowest BCUT2D eigenvalue weighted by Crippen LogP contribution is -2.38. The van der Waals surface area contributed by atoms with Crippen molar-refractivity contribution < 1.29 is 37.3 Å². The van der Waals surface area contributed by atoms with Crippen LogP contribution in [0.25, 0.3) is 0 Å². The van der Waals surface area contributed by atoms with E-state index in [1.165, 1.54) is 48.2 Å². The number of thiazole rings is 1. The first kappa shape index (κ1) is 52.3. The first-order valence-electron chi connectivity index (χ1n) is 20.7. The fourth-order valence-corrected chi connectivity index (χ4v) is 8.35. The van der Waals surface area contributed by atoms with Crippen molar-refractivity contribution in [2.45, 2.75) is 0 Å². The maximum absolute atomic E-state index is 13.4. The third kappa shape index (κ3) is 18.6. The smallest absolute Gasteiger partial charge is 0.206 e. The summed E-state index contributed by atoms with van der Waals surface area (Å²) in [7, 11) is 2.58. The molecule has 1 aromatic heterocycles. The number of hydrogen-bond donors (Lipinski definition) is 4. The molecule has 2 aliphatic heterocycles. The molecule has 3 heterocycles. The number of Topliss-reactive ketones (excluding diaryl/α,β-unsaturated/α-hetero) is 1. The third-order valence-electron chi connectivity index (χ3n) is 9.43. The minimum Gasteiger partial charge on any atom is -0.492 e. The van der Waals surface area contributed by atoms with Crippen molar-refractivity contribution in [1.82, 2.24) is 14.8 Å². The van der Waals surface area contributed by atoms with Crippen molar-refractivity contribution >= 4 is 105 Å². The Hall–Kier alpha value is -4.63. The second-order valence-corrected chi connectivity index (χ2v) is 18.1. The van der Waals surface area contributed by atoms with E-state index in [9.17, 15) is 18.4 Å². The summed E-state index contributed by atoms with van der Waals surface area (Å²) >= 11 is 10.7. The van der Waals surface area contributed by atoms with Crippen LogP contribution in [0.15, 0.2) is 102 Å². The summed E-state index contributed by atoms with van der Waals surface area (Å²) in [6.45, 7) is 10.0. The van der Waals surface area contributed by atoms with Gasteiger partial charge in [-0.15, -0.1) is 9.24 Å². The predicted molar refractivity (Wildman–Crippen MR) is 273 cm³/mol. The van der Waals surface area contributed by atoms with Crippen LogP contribution in [0.5, 0.6) is 11.5 Å². The van der Waals surface area contributed by atoms with Gasteiger partial charge in [0.25, 0.3) is 0 Å². The molecule has 66 heavy (non-hydrogen) atoms. The van der Waals surface area contributed by atoms with Crippen molar-refractivity contribution in [2.24, 2.45) is 10.7 Å². The number of aliphatic imine (C=N–C) groups is 1. The van der Waals surface area contributed by atoms with Crippen LogP contribution in [-0.2, 0) is 9.47 Å². The summed E-state index contributed by atoms with van der Waals surface area (Å²) in [5, 5.41) is 7.69. The zero-order chi connectivity index (χ0) is 47.1. The number of benzene rings is 4. The normalized spacial score (nSPS) is 14.2. The number of ketones is 2. The predicted octanol–water partition coefficient (Wildman–Crippen LogP) is 7.93. The SMILES string of the molecule is NC(=NC(=S)Nc1ccc(OCCN2CCOCC2)cc1)SCP.Nc1nc(Nc2ccc(OCCN3CCOCC3)cc2)sc1C(=O)c1cccc(F)c1.O=C(CBr)c1cccc(F)c1. The van der Waals surface area contributed by atoms with Crippen LogP contribution < -0.4 is 31.6 Å². The van der Waals surface area contributed by atoms with Gasteiger partial charge in [-0.25, -0.2) is 13.8 Å². The second-order valence-electron chi connectivity index (χ2n) is 14.1. The van der Waals surface area contributed by atoms with Crippen LogP contribution in [0.1, 0.15) is 25.6 Å². The molecule has 0 bridgehead atoms. The Balaban J connectivity index is 0.000000206. The van der Waals surface area contributed by atoms with Gasteiger partial charge in [-0.05, 0) is 85.0 Å². The zero-order valence-electron chi connectivity index (χ0n) is 36.0. The Morgan fingerprint density at radius 1 is 0.833 bits per heavy atom. The molecule has 14 nitrogen and oxygen atoms in total. The molecule has 7 rings (SSSR count). The van der Waals surface area contributed by atoms with E-state index < -0.39 is 5.82 Å². The largest absolute Gasteiger partial charge is 0.492 e. The van der Waals surface area contributed by atoms with Crippen molar-refractivity contribution in [3.8, 4) is 11.5 Å². The number of nitrogens with zero attached hydrogens (tertiary/aromatic N) is 4. The van der Waals surface area contributed by atoms with Gasteiger partial charge >= 0.3 is 0 Å². The van der Waals surface area contributed by atoms with E-state index >= 15 is 0 Å². The molecular formula is C45H52BrF2N8O6PS3. The molecular weight excluding hydrogens is 994 g/mol. The van der Waals surface area contributed by atoms with Crippen LogP contribution in [0.3, 0.4) is 0 Å². The highest BCUT2D eigenvalue weighted by molar-refractivity contribution is 9.09. The molecule has 0 radical (unpaired) electrons. The first-order valence-corrected chi connectivity index (χ1v) is 24.9. The Morgan fingerprint density at radius 2 is 1.35 bits per heavy atom. The van der Waals surface area contributed by atoms with Crippen molar-refractivity contribution in [3.05, 3.63) is 125 Å². The molecule has 1 unspecified atom stereocenters. The number of aromatic nitrogens is 1. The maximum atomic E-state index is 13.4. The van der Waals surface area contributed by atoms with Gasteiger partial charge in [0.1, 0.15) is 47.0 Å². The fourth-order valence-electron chi connectivity index (χ4n) is 6.04. The van der Waals surface area contributed by atoms with Crippen LogP contribution in [0.2, 0.25) is 0 Å². The van der Waals surface area contributed by atoms with Crippen LogP contribution >= 0.6 is 60.5 Å². The molecule has 1 atom stereocenters. The number of halogens is 3. The van der Waals surface area contributed by atoms with Gasteiger partial charge in [-0.2, -0.15) is 4.99 Å². The Morgan fingerprint density at radius 3 is 1.86 bits per heavy atom. The average molecular weight is 1050 g/mol. The topological polar surface area (TPSA) is 179 Å². The number of thioether (sulfide) groups is 1. The number of nitrogen functional groups attached to an aromatic ring is 1. The van der Waals surface area contributed by atoms with Gasteiger partial charge in [0.05, 0.1) is 31.8 Å². The number of ether oxygens (including phenoxy) is 4. The number of hydrogen-bond acceptors (Lipinski definition) is 14. The number of carbonyl (C=O) groups is 2. The number of thiocarbonyl (C=S) groups is 1. The maximum Gasteiger partial charge on any atom is 0.206 e. The fraction of sp³-hybridized carbons (Fsp3) is 0.311. The molecule has 352 valence electrons. The molecule has 6 N–H and O–H groups in total. The molecule has 4 aromatic carbocycles. The summed E-state index contributed by atoms with van der Waals surface area (Å²) in [5.74, 6) is 0.415. The van der Waals surface area contributed by atoms with Crippen molar-refractivity contribution in [3.63, 3.8) is 0 Å². The molecule has 2 saturated heterocycles. The Kier molecular flexibility index (Phi) is 22.6. The number of nitrogens with one attached hydrogen (secondary N) is 2. The van der Waals surface area contributed by atoms with Gasteiger partial charge in [-0.3, -0.25) is 19.4 Å². The minimum atomic E-state index is -0.473. The number of carbonyl (C=O) groups excluding carboxylic acids is 2. The molecule has 0 saturated carbocycles. The van der Waals surface area contributed by atoms with Crippen molar-refractivity contribution in [1.29, 1.82) is 0 Å². The highest BCUT2D eigenvalue weighted by Gasteiger charge is 2.19. The van der Waals surface area contributed by atoms with E-state index in [2.05, 4.69) is 55.6 Å². The summed E-state index contributed by atoms with van der Waals surface area (Å²) in [5.41, 5.74) is 14.7. The van der Waals surface area contributed by atoms with Gasteiger partial charge in [0.2, 0.25) is 5.78 Å². The van der Waals surface area contributed by atoms with Crippen LogP contribution in [0, 0.1) is 11.6 Å². The summed E-state index contributed by atoms with van der Waals surface area (Å²) < 4.78 is 48.2. The summed E-state index contributed by atoms with van der Waals surface area (Å²) in [4.78, 5) is 36.8. The lowest BCUT2D eigenvalue weighted by Gasteiger charge is -2.26. The molecule has 21 heteroatoms. The van der Waals surface area contributed by atoms with E-state index in [0.29, 0.717) is 34.2 Å². The average Bonchev–Trinajstić information content (AvgIpc) is 3.69. The third-order valence-corrected chi connectivity index (χ3v) is 12.2. The molecule has 2 aliphatic rings. The van der Waals surface area contributed by atoms with E-state index in [4.69, 9.17) is 42.6 Å². The second kappa shape index (κ2) is 28.5. The van der Waals surface area contributed by atoms with Crippen LogP contribution in [-0.4, -0.2) is 126 Å². The molecule has 5 aromatic rings. The summed E-state index contributed by atoms with van der Waals surface area (Å²) in [6.07, 6.45) is 0. The Labute approximate surface area is 407 Å². The van der Waals surface area contributed by atoms with E-state index in [-0.39, 0.29) is 39.0 Å². The first-order chi connectivity index (χ1) is 32.0. The number of rotatable bonds is 16. The number of morpholine rings is 2. The molecule has 0 aliphatic carbocycles. The van der Waals surface area contributed by atoms with Crippen LogP contribution in [0.4, 0.5) is 31.1 Å². The number of amidine groups is 1. The molecule has 0 spiro atoms. The lowest BCUT2D eigenvalue weighted by atomic mass is 10.1. The number of anilines is 4. The van der Waals surface area contributed by atoms with E-state index in [1.54, 1.807) is 12.1 Å². The highest BCUT2D eigenvalue weighted by Crippen LogP contribution is 2.30. The number of alkyl halides is 1. The molecule has 0 amide bonds. The van der Waals surface area contributed by atoms with Gasteiger partial charge < -0.3 is 41.0 Å². The van der Waals surface area contributed by atoms with Gasteiger partial charge in [0, 0.05) is 67.3 Å². The highest BCUT2D eigenvalue weighted by atomic mass is 79.9.